The van der Waals surface area contributed by atoms with Crippen molar-refractivity contribution in [3.05, 3.63) is 100 Å². The molecule has 5 rings (SSSR count). The lowest BCUT2D eigenvalue weighted by Gasteiger charge is -2.30. The van der Waals surface area contributed by atoms with E-state index in [0.29, 0.717) is 22.6 Å². The summed E-state index contributed by atoms with van der Waals surface area (Å²) in [6.07, 6.45) is 4.76. The maximum absolute atomic E-state index is 13.1. The average Bonchev–Trinajstić information content (AvgIpc) is 2.97. The van der Waals surface area contributed by atoms with Gasteiger partial charge in [0.1, 0.15) is 11.5 Å². The van der Waals surface area contributed by atoms with Crippen molar-refractivity contribution in [1.29, 1.82) is 0 Å². The number of pyridine rings is 2. The van der Waals surface area contributed by atoms with Gasteiger partial charge in [0.15, 0.2) is 0 Å². The summed E-state index contributed by atoms with van der Waals surface area (Å²) in [4.78, 5) is 32.9. The van der Waals surface area contributed by atoms with Gasteiger partial charge in [0, 0.05) is 43.1 Å². The monoisotopic (exact) mass is 565 g/mol. The Balaban J connectivity index is 1.36. The van der Waals surface area contributed by atoms with Crippen LogP contribution in [0.3, 0.4) is 0 Å². The van der Waals surface area contributed by atoms with E-state index in [0.717, 1.165) is 48.4 Å². The summed E-state index contributed by atoms with van der Waals surface area (Å²) in [5, 5.41) is 16.1. The number of aryl methyl sites for hydroxylation is 1. The van der Waals surface area contributed by atoms with Crippen LogP contribution in [-0.2, 0) is 12.5 Å². The number of aromatic nitrogens is 2. The SMILES string of the molecule is Cc1c(NC(=O)c2ccc(C(C)(C)C)cc2)cccc1-c1cc(Nc2ccc(N3CCC(O)CC3)nc2)c(=O)n(C)c1. The normalized spacial score (nSPS) is 14.1. The van der Waals surface area contributed by atoms with Crippen LogP contribution in [0.2, 0.25) is 0 Å². The number of aliphatic hydroxyl groups excluding tert-OH is 1. The number of rotatable bonds is 6. The van der Waals surface area contributed by atoms with Gasteiger partial charge in [0.2, 0.25) is 0 Å². The molecule has 1 aliphatic heterocycles. The predicted molar refractivity (Wildman–Crippen MR) is 170 cm³/mol. The van der Waals surface area contributed by atoms with E-state index in [-0.39, 0.29) is 23.0 Å². The molecule has 0 saturated carbocycles. The first-order valence-electron chi connectivity index (χ1n) is 14.4. The molecule has 3 N–H and O–H groups in total. The summed E-state index contributed by atoms with van der Waals surface area (Å²) in [6, 6.07) is 19.2. The zero-order chi connectivity index (χ0) is 30.0. The van der Waals surface area contributed by atoms with Gasteiger partial charge in [-0.25, -0.2) is 4.98 Å². The lowest BCUT2D eigenvalue weighted by atomic mass is 9.86. The number of nitrogens with zero attached hydrogens (tertiary/aromatic N) is 3. The molecule has 4 aromatic rings. The fourth-order valence-electron chi connectivity index (χ4n) is 5.25. The number of nitrogens with one attached hydrogen (secondary N) is 2. The largest absolute Gasteiger partial charge is 0.393 e. The van der Waals surface area contributed by atoms with Gasteiger partial charge < -0.3 is 25.2 Å². The molecule has 1 amide bonds. The molecule has 3 heterocycles. The molecule has 8 heteroatoms. The van der Waals surface area contributed by atoms with Gasteiger partial charge in [-0.05, 0) is 78.3 Å². The molecule has 0 spiro atoms. The van der Waals surface area contributed by atoms with Crippen molar-refractivity contribution in [1.82, 2.24) is 9.55 Å². The fourth-order valence-corrected chi connectivity index (χ4v) is 5.25. The summed E-state index contributed by atoms with van der Waals surface area (Å²) in [5.41, 5.74) is 6.14. The van der Waals surface area contributed by atoms with Gasteiger partial charge in [-0.15, -0.1) is 0 Å². The first-order chi connectivity index (χ1) is 20.0. The van der Waals surface area contributed by atoms with Crippen LogP contribution in [0.15, 0.2) is 77.9 Å². The molecule has 42 heavy (non-hydrogen) atoms. The van der Waals surface area contributed by atoms with Gasteiger partial charge in [-0.2, -0.15) is 0 Å². The molecule has 2 aromatic heterocycles. The molecule has 1 aliphatic rings. The van der Waals surface area contributed by atoms with Crippen molar-refractivity contribution >= 4 is 28.8 Å². The summed E-state index contributed by atoms with van der Waals surface area (Å²) in [5.74, 6) is 0.684. The Morgan fingerprint density at radius 3 is 2.36 bits per heavy atom. The molecule has 1 saturated heterocycles. The summed E-state index contributed by atoms with van der Waals surface area (Å²) in [6.45, 7) is 9.94. The second-order valence-electron chi connectivity index (χ2n) is 12.1. The Morgan fingerprint density at radius 1 is 1.00 bits per heavy atom. The van der Waals surface area contributed by atoms with Gasteiger partial charge in [0.05, 0.1) is 18.0 Å². The highest BCUT2D eigenvalue weighted by molar-refractivity contribution is 6.05. The van der Waals surface area contributed by atoms with Crippen molar-refractivity contribution < 1.29 is 9.90 Å². The minimum atomic E-state index is -0.239. The van der Waals surface area contributed by atoms with Crippen LogP contribution in [0.4, 0.5) is 22.9 Å². The second-order valence-corrected chi connectivity index (χ2v) is 12.1. The van der Waals surface area contributed by atoms with Gasteiger partial charge in [-0.3, -0.25) is 9.59 Å². The van der Waals surface area contributed by atoms with Crippen molar-refractivity contribution in [2.24, 2.45) is 7.05 Å². The molecular formula is C34H39N5O3. The molecule has 0 atom stereocenters. The van der Waals surface area contributed by atoms with Crippen LogP contribution in [0.25, 0.3) is 11.1 Å². The minimum absolute atomic E-state index is 0.0156. The molecule has 1 fully saturated rings. The van der Waals surface area contributed by atoms with Gasteiger partial charge in [0.25, 0.3) is 11.5 Å². The van der Waals surface area contributed by atoms with Crippen molar-refractivity contribution in [3.63, 3.8) is 0 Å². The third-order valence-electron chi connectivity index (χ3n) is 7.90. The van der Waals surface area contributed by atoms with Gasteiger partial charge >= 0.3 is 0 Å². The van der Waals surface area contributed by atoms with Crippen LogP contribution >= 0.6 is 0 Å². The molecule has 0 bridgehead atoms. The van der Waals surface area contributed by atoms with Crippen LogP contribution in [-0.4, -0.2) is 39.8 Å². The Morgan fingerprint density at radius 2 is 1.71 bits per heavy atom. The molecule has 2 aromatic carbocycles. The van der Waals surface area contributed by atoms with Crippen LogP contribution < -0.4 is 21.1 Å². The Bertz CT molecular complexity index is 1630. The van der Waals surface area contributed by atoms with E-state index in [1.54, 1.807) is 24.0 Å². The van der Waals surface area contributed by atoms with Crippen molar-refractivity contribution in [3.8, 4) is 11.1 Å². The van der Waals surface area contributed by atoms with Gasteiger partial charge in [-0.1, -0.05) is 45.0 Å². The lowest BCUT2D eigenvalue weighted by molar-refractivity contribution is 0.102. The van der Waals surface area contributed by atoms with E-state index in [1.807, 2.05) is 67.6 Å². The first kappa shape index (κ1) is 29.1. The smallest absolute Gasteiger partial charge is 0.274 e. The highest BCUT2D eigenvalue weighted by Gasteiger charge is 2.19. The minimum Gasteiger partial charge on any atom is -0.393 e. The standard InChI is InChI=1S/C34H39N5O3/c1-22-28(7-6-8-29(22)37-32(41)23-9-11-25(12-10-23)34(2,3)4)24-19-30(33(42)38(5)21-24)36-26-13-14-31(35-20-26)39-17-15-27(40)16-18-39/h6-14,19-21,27,36,40H,15-18H2,1-5H3,(H,37,41). The summed E-state index contributed by atoms with van der Waals surface area (Å²) < 4.78 is 1.56. The number of piperidine rings is 1. The van der Waals surface area contributed by atoms with Crippen LogP contribution in [0, 0.1) is 6.92 Å². The van der Waals surface area contributed by atoms with E-state index in [9.17, 15) is 14.7 Å². The summed E-state index contributed by atoms with van der Waals surface area (Å²) in [7, 11) is 1.73. The molecular weight excluding hydrogens is 526 g/mol. The second kappa shape index (κ2) is 11.8. The number of hydrogen-bond donors (Lipinski definition) is 3. The molecule has 0 aliphatic carbocycles. The average molecular weight is 566 g/mol. The first-order valence-corrected chi connectivity index (χ1v) is 14.4. The zero-order valence-corrected chi connectivity index (χ0v) is 24.9. The quantitative estimate of drug-likeness (QED) is 0.265. The molecule has 0 radical (unpaired) electrons. The fraction of sp³-hybridized carbons (Fsp3) is 0.324. The number of amides is 1. The number of anilines is 4. The summed E-state index contributed by atoms with van der Waals surface area (Å²) >= 11 is 0. The third kappa shape index (κ3) is 6.39. The van der Waals surface area contributed by atoms with E-state index in [4.69, 9.17) is 0 Å². The zero-order valence-electron chi connectivity index (χ0n) is 24.9. The van der Waals surface area contributed by atoms with E-state index in [1.165, 1.54) is 5.56 Å². The Hall–Kier alpha value is -4.43. The topological polar surface area (TPSA) is 99.5 Å². The van der Waals surface area contributed by atoms with Crippen molar-refractivity contribution in [2.45, 2.75) is 52.1 Å². The number of carbonyl (C=O) groups excluding carboxylic acids is 1. The number of hydrogen-bond acceptors (Lipinski definition) is 6. The number of aliphatic hydroxyl groups is 1. The molecule has 218 valence electrons. The maximum atomic E-state index is 13.1. The molecule has 8 nitrogen and oxygen atoms in total. The van der Waals surface area contributed by atoms with E-state index in [2.05, 4.69) is 41.3 Å². The number of carbonyl (C=O) groups is 1. The predicted octanol–water partition coefficient (Wildman–Crippen LogP) is 6.01. The maximum Gasteiger partial charge on any atom is 0.274 e. The third-order valence-corrected chi connectivity index (χ3v) is 7.90. The highest BCUT2D eigenvalue weighted by atomic mass is 16.3. The lowest BCUT2D eigenvalue weighted by Crippen LogP contribution is -2.36. The Labute approximate surface area is 247 Å². The highest BCUT2D eigenvalue weighted by Crippen LogP contribution is 2.31. The Kier molecular flexibility index (Phi) is 8.18. The molecule has 0 unspecified atom stereocenters. The van der Waals surface area contributed by atoms with Crippen LogP contribution in [0.5, 0.6) is 0 Å². The van der Waals surface area contributed by atoms with Crippen LogP contribution in [0.1, 0.15) is 55.1 Å². The number of benzene rings is 2. The van der Waals surface area contributed by atoms with E-state index < -0.39 is 0 Å². The van der Waals surface area contributed by atoms with Crippen molar-refractivity contribution in [2.75, 3.05) is 28.6 Å². The van der Waals surface area contributed by atoms with E-state index >= 15 is 0 Å².